The van der Waals surface area contributed by atoms with Crippen LogP contribution in [0.5, 0.6) is 0 Å². The van der Waals surface area contributed by atoms with Crippen molar-refractivity contribution in [1.29, 1.82) is 5.26 Å². The standard InChI is InChI=1S/C13H17N3O3S/c1-11(17)16-7-6-15-8-9-20(18,19)13-4-2-12(10-14)3-5-13/h2-5,15H,6-9H2,1H3,(H,16,17). The summed E-state index contributed by atoms with van der Waals surface area (Å²) in [6.45, 7) is 2.71. The van der Waals surface area contributed by atoms with Crippen LogP contribution in [0.1, 0.15) is 12.5 Å². The second-order valence-corrected chi connectivity index (χ2v) is 6.30. The third-order valence-electron chi connectivity index (χ3n) is 2.57. The number of hydrogen-bond donors (Lipinski definition) is 2. The molecular weight excluding hydrogens is 278 g/mol. The van der Waals surface area contributed by atoms with Crippen molar-refractivity contribution in [1.82, 2.24) is 10.6 Å². The summed E-state index contributed by atoms with van der Waals surface area (Å²) >= 11 is 0. The molecule has 108 valence electrons. The van der Waals surface area contributed by atoms with Crippen molar-refractivity contribution >= 4 is 15.7 Å². The van der Waals surface area contributed by atoms with E-state index in [2.05, 4.69) is 10.6 Å². The monoisotopic (exact) mass is 295 g/mol. The fraction of sp³-hybridized carbons (Fsp3) is 0.385. The molecule has 0 heterocycles. The summed E-state index contributed by atoms with van der Waals surface area (Å²) in [5, 5.41) is 14.2. The molecule has 1 aromatic carbocycles. The third kappa shape index (κ3) is 5.38. The summed E-state index contributed by atoms with van der Waals surface area (Å²) < 4.78 is 24.0. The first kappa shape index (κ1) is 16.1. The summed E-state index contributed by atoms with van der Waals surface area (Å²) in [7, 11) is -3.35. The SMILES string of the molecule is CC(=O)NCCNCCS(=O)(=O)c1ccc(C#N)cc1. The lowest BCUT2D eigenvalue weighted by Gasteiger charge is -2.07. The molecule has 0 saturated carbocycles. The van der Waals surface area contributed by atoms with Crippen LogP contribution in [-0.2, 0) is 14.6 Å². The molecule has 1 amide bonds. The topological polar surface area (TPSA) is 99.1 Å². The lowest BCUT2D eigenvalue weighted by Crippen LogP contribution is -2.32. The van der Waals surface area contributed by atoms with E-state index in [1.807, 2.05) is 6.07 Å². The minimum atomic E-state index is -3.35. The van der Waals surface area contributed by atoms with E-state index in [-0.39, 0.29) is 16.6 Å². The Bertz CT molecular complexity index is 588. The Morgan fingerprint density at radius 2 is 1.85 bits per heavy atom. The van der Waals surface area contributed by atoms with Gasteiger partial charge in [0.25, 0.3) is 0 Å². The number of hydrogen-bond acceptors (Lipinski definition) is 5. The highest BCUT2D eigenvalue weighted by molar-refractivity contribution is 7.91. The molecule has 20 heavy (non-hydrogen) atoms. The van der Waals surface area contributed by atoms with Gasteiger partial charge in [0, 0.05) is 26.6 Å². The van der Waals surface area contributed by atoms with Crippen LogP contribution in [0.2, 0.25) is 0 Å². The maximum Gasteiger partial charge on any atom is 0.216 e. The molecule has 0 aliphatic rings. The van der Waals surface area contributed by atoms with E-state index in [1.54, 1.807) is 0 Å². The molecule has 0 aliphatic heterocycles. The summed E-state index contributed by atoms with van der Waals surface area (Å²) in [4.78, 5) is 10.8. The van der Waals surface area contributed by atoms with Crippen molar-refractivity contribution in [2.24, 2.45) is 0 Å². The Hall–Kier alpha value is -1.91. The second kappa shape index (κ2) is 7.62. The van der Waals surface area contributed by atoms with Gasteiger partial charge in [-0.25, -0.2) is 8.42 Å². The Morgan fingerprint density at radius 3 is 2.40 bits per heavy atom. The number of carbonyl (C=O) groups is 1. The normalized spacial score (nSPS) is 10.8. The molecule has 0 radical (unpaired) electrons. The fourth-order valence-electron chi connectivity index (χ4n) is 1.51. The number of rotatable bonds is 7. The van der Waals surface area contributed by atoms with Crippen LogP contribution in [0.15, 0.2) is 29.2 Å². The molecule has 0 fully saturated rings. The van der Waals surface area contributed by atoms with Crippen LogP contribution in [0.3, 0.4) is 0 Å². The fourth-order valence-corrected chi connectivity index (χ4v) is 2.71. The number of nitrogens with one attached hydrogen (secondary N) is 2. The molecule has 0 spiro atoms. The van der Waals surface area contributed by atoms with Crippen LogP contribution >= 0.6 is 0 Å². The molecule has 0 unspecified atom stereocenters. The lowest BCUT2D eigenvalue weighted by atomic mass is 10.2. The first-order valence-electron chi connectivity index (χ1n) is 6.14. The van der Waals surface area contributed by atoms with E-state index < -0.39 is 9.84 Å². The smallest absolute Gasteiger partial charge is 0.216 e. The molecule has 0 aliphatic carbocycles. The third-order valence-corrected chi connectivity index (χ3v) is 4.30. The number of sulfone groups is 1. The van der Waals surface area contributed by atoms with Crippen molar-refractivity contribution in [3.05, 3.63) is 29.8 Å². The molecule has 0 bridgehead atoms. The maximum absolute atomic E-state index is 12.0. The van der Waals surface area contributed by atoms with Gasteiger partial charge in [0.1, 0.15) is 0 Å². The van der Waals surface area contributed by atoms with Gasteiger partial charge in [-0.15, -0.1) is 0 Å². The molecule has 0 saturated heterocycles. The lowest BCUT2D eigenvalue weighted by molar-refractivity contribution is -0.118. The minimum Gasteiger partial charge on any atom is -0.355 e. The predicted molar refractivity (Wildman–Crippen MR) is 74.8 cm³/mol. The largest absolute Gasteiger partial charge is 0.355 e. The van der Waals surface area contributed by atoms with E-state index in [0.717, 1.165) is 0 Å². The Labute approximate surface area is 118 Å². The highest BCUT2D eigenvalue weighted by atomic mass is 32.2. The van der Waals surface area contributed by atoms with E-state index in [4.69, 9.17) is 5.26 Å². The Morgan fingerprint density at radius 1 is 1.20 bits per heavy atom. The van der Waals surface area contributed by atoms with Crippen molar-refractivity contribution in [2.45, 2.75) is 11.8 Å². The van der Waals surface area contributed by atoms with E-state index >= 15 is 0 Å². The van der Waals surface area contributed by atoms with E-state index in [0.29, 0.717) is 25.2 Å². The van der Waals surface area contributed by atoms with Gasteiger partial charge in [-0.2, -0.15) is 5.26 Å². The number of carbonyl (C=O) groups excluding carboxylic acids is 1. The van der Waals surface area contributed by atoms with Crippen LogP contribution in [0.25, 0.3) is 0 Å². The van der Waals surface area contributed by atoms with Gasteiger partial charge < -0.3 is 10.6 Å². The summed E-state index contributed by atoms with van der Waals surface area (Å²) in [6.07, 6.45) is 0. The van der Waals surface area contributed by atoms with Gasteiger partial charge in [0.15, 0.2) is 9.84 Å². The van der Waals surface area contributed by atoms with E-state index in [1.165, 1.54) is 31.2 Å². The Kier molecular flexibility index (Phi) is 6.15. The zero-order valence-corrected chi connectivity index (χ0v) is 12.0. The molecule has 2 N–H and O–H groups in total. The van der Waals surface area contributed by atoms with Gasteiger partial charge in [-0.05, 0) is 24.3 Å². The first-order chi connectivity index (χ1) is 9.45. The summed E-state index contributed by atoms with van der Waals surface area (Å²) in [5.41, 5.74) is 0.428. The van der Waals surface area contributed by atoms with Gasteiger partial charge in [-0.1, -0.05) is 0 Å². The molecule has 0 aromatic heterocycles. The molecular formula is C13H17N3O3S. The Balaban J connectivity index is 2.41. The predicted octanol–water partition coefficient (Wildman–Crippen LogP) is 0.0577. The molecule has 1 aromatic rings. The second-order valence-electron chi connectivity index (χ2n) is 4.19. The molecule has 6 nitrogen and oxygen atoms in total. The van der Waals surface area contributed by atoms with Crippen LogP contribution in [0.4, 0.5) is 0 Å². The quantitative estimate of drug-likeness (QED) is 0.693. The van der Waals surface area contributed by atoms with Crippen molar-refractivity contribution in [2.75, 3.05) is 25.4 Å². The molecule has 1 rings (SSSR count). The maximum atomic E-state index is 12.0. The summed E-state index contributed by atoms with van der Waals surface area (Å²) in [6, 6.07) is 7.78. The minimum absolute atomic E-state index is 0.0288. The van der Waals surface area contributed by atoms with Gasteiger partial charge in [-0.3, -0.25) is 4.79 Å². The van der Waals surface area contributed by atoms with Crippen LogP contribution in [0, 0.1) is 11.3 Å². The van der Waals surface area contributed by atoms with Crippen molar-refractivity contribution < 1.29 is 13.2 Å². The van der Waals surface area contributed by atoms with Crippen molar-refractivity contribution in [3.63, 3.8) is 0 Å². The highest BCUT2D eigenvalue weighted by Gasteiger charge is 2.13. The van der Waals surface area contributed by atoms with Crippen LogP contribution in [-0.4, -0.2) is 39.7 Å². The highest BCUT2D eigenvalue weighted by Crippen LogP contribution is 2.11. The van der Waals surface area contributed by atoms with Gasteiger partial charge in [0.2, 0.25) is 5.91 Å². The van der Waals surface area contributed by atoms with Gasteiger partial charge in [0.05, 0.1) is 22.3 Å². The average Bonchev–Trinajstić information content (AvgIpc) is 2.42. The number of benzene rings is 1. The average molecular weight is 295 g/mol. The zero-order chi connectivity index (χ0) is 15.0. The number of nitrogens with zero attached hydrogens (tertiary/aromatic N) is 1. The van der Waals surface area contributed by atoms with E-state index in [9.17, 15) is 13.2 Å². The number of amides is 1. The van der Waals surface area contributed by atoms with Crippen molar-refractivity contribution in [3.8, 4) is 6.07 Å². The van der Waals surface area contributed by atoms with Gasteiger partial charge >= 0.3 is 0 Å². The van der Waals surface area contributed by atoms with Crippen LogP contribution < -0.4 is 10.6 Å². The first-order valence-corrected chi connectivity index (χ1v) is 7.79. The summed E-state index contributed by atoms with van der Waals surface area (Å²) in [5.74, 6) is -0.143. The number of nitriles is 1. The molecule has 7 heteroatoms. The zero-order valence-electron chi connectivity index (χ0n) is 11.2. The molecule has 0 atom stereocenters.